The van der Waals surface area contributed by atoms with Gasteiger partial charge in [-0.25, -0.2) is 0 Å². The minimum Gasteiger partial charge on any atom is -0.289 e. The molecule has 0 aromatic heterocycles. The average Bonchev–Trinajstić information content (AvgIpc) is 2.99. The molecule has 6 heteroatoms. The van der Waals surface area contributed by atoms with Gasteiger partial charge in [0.15, 0.2) is 11.8 Å². The first-order valence-corrected chi connectivity index (χ1v) is 9.38. The third-order valence-corrected chi connectivity index (χ3v) is 4.70. The number of hydrazone groups is 1. The van der Waals surface area contributed by atoms with Crippen molar-refractivity contribution in [3.8, 4) is 0 Å². The number of benzene rings is 2. The van der Waals surface area contributed by atoms with Crippen LogP contribution in [0.5, 0.6) is 0 Å². The zero-order valence-corrected chi connectivity index (χ0v) is 17.1. The van der Waals surface area contributed by atoms with E-state index in [0.717, 1.165) is 0 Å². The van der Waals surface area contributed by atoms with Crippen LogP contribution in [-0.4, -0.2) is 23.4 Å². The van der Waals surface area contributed by atoms with E-state index in [2.05, 4.69) is 42.7 Å². The van der Waals surface area contributed by atoms with E-state index in [1.54, 1.807) is 31.2 Å². The Labute approximate surface area is 170 Å². The fraction of sp³-hybridized carbons (Fsp3) is 0.261. The molecule has 3 rings (SSSR count). The molecule has 0 saturated heterocycles. The van der Waals surface area contributed by atoms with E-state index in [1.807, 2.05) is 24.3 Å². The van der Waals surface area contributed by atoms with Crippen molar-refractivity contribution in [2.24, 2.45) is 15.3 Å². The molecular formula is C23H24N4O2. The van der Waals surface area contributed by atoms with Crippen molar-refractivity contribution < 1.29 is 9.59 Å². The Morgan fingerprint density at radius 3 is 2.28 bits per heavy atom. The van der Waals surface area contributed by atoms with Gasteiger partial charge in [0.25, 0.3) is 5.91 Å². The van der Waals surface area contributed by atoms with E-state index in [4.69, 9.17) is 0 Å². The molecule has 1 unspecified atom stereocenters. The summed E-state index contributed by atoms with van der Waals surface area (Å²) in [5.41, 5.74) is 3.58. The van der Waals surface area contributed by atoms with E-state index < -0.39 is 6.04 Å². The van der Waals surface area contributed by atoms with Crippen LogP contribution in [0, 0.1) is 0 Å². The van der Waals surface area contributed by atoms with E-state index in [1.165, 1.54) is 16.6 Å². The molecule has 6 nitrogen and oxygen atoms in total. The highest BCUT2D eigenvalue weighted by molar-refractivity contribution is 6.18. The van der Waals surface area contributed by atoms with Gasteiger partial charge >= 0.3 is 0 Å². The third kappa shape index (κ3) is 4.37. The molecule has 0 radical (unpaired) electrons. The first-order valence-electron chi connectivity index (χ1n) is 9.38. The number of carbonyl (C=O) groups is 2. The fourth-order valence-electron chi connectivity index (χ4n) is 2.91. The van der Waals surface area contributed by atoms with Crippen molar-refractivity contribution in [1.82, 2.24) is 0 Å². The Morgan fingerprint density at radius 1 is 1.10 bits per heavy atom. The highest BCUT2D eigenvalue weighted by atomic mass is 16.2. The van der Waals surface area contributed by atoms with E-state index in [9.17, 15) is 9.59 Å². The summed E-state index contributed by atoms with van der Waals surface area (Å²) in [6, 6.07) is 13.7. The Morgan fingerprint density at radius 2 is 1.72 bits per heavy atom. The molecule has 0 aliphatic carbocycles. The summed E-state index contributed by atoms with van der Waals surface area (Å²) in [4.78, 5) is 24.4. The fourth-order valence-corrected chi connectivity index (χ4v) is 2.91. The lowest BCUT2D eigenvalue weighted by Gasteiger charge is -2.20. The van der Waals surface area contributed by atoms with Crippen LogP contribution in [-0.2, 0) is 10.2 Å². The number of hydrogen-bond donors (Lipinski definition) is 0. The van der Waals surface area contributed by atoms with Crippen molar-refractivity contribution in [1.29, 1.82) is 0 Å². The van der Waals surface area contributed by atoms with Crippen molar-refractivity contribution >= 4 is 28.8 Å². The molecule has 0 saturated carbocycles. The highest BCUT2D eigenvalue weighted by Gasteiger charge is 2.34. The Bertz CT molecular complexity index is 997. The minimum absolute atomic E-state index is 0.0370. The van der Waals surface area contributed by atoms with Crippen LogP contribution in [0.25, 0.3) is 0 Å². The molecule has 0 N–H and O–H groups in total. The van der Waals surface area contributed by atoms with Gasteiger partial charge in [0.2, 0.25) is 0 Å². The smallest absolute Gasteiger partial charge is 0.280 e. The van der Waals surface area contributed by atoms with Crippen LogP contribution in [0.4, 0.5) is 11.4 Å². The number of azo groups is 1. The lowest BCUT2D eigenvalue weighted by molar-refractivity contribution is -0.117. The van der Waals surface area contributed by atoms with Crippen molar-refractivity contribution in [3.63, 3.8) is 0 Å². The molecule has 2 aromatic carbocycles. The standard InChI is InChI=1S/C23H24N4O2/c1-6-20(28)16-7-11-18(12-8-16)24-25-21-15(2)26-27(22(21)29)19-13-9-17(10-14-19)23(3,4)5/h6-14,21H,1H2,2-5H3. The van der Waals surface area contributed by atoms with E-state index in [0.29, 0.717) is 22.6 Å². The number of hydrogen-bond acceptors (Lipinski definition) is 5. The normalized spacial score (nSPS) is 17.0. The number of rotatable bonds is 5. The summed E-state index contributed by atoms with van der Waals surface area (Å²) in [6.45, 7) is 11.6. The van der Waals surface area contributed by atoms with Crippen molar-refractivity contribution in [3.05, 3.63) is 72.3 Å². The predicted molar refractivity (Wildman–Crippen MR) is 115 cm³/mol. The highest BCUT2D eigenvalue weighted by Crippen LogP contribution is 2.28. The number of allylic oxidation sites excluding steroid dienone is 1. The zero-order chi connectivity index (χ0) is 21.2. The summed E-state index contributed by atoms with van der Waals surface area (Å²) >= 11 is 0. The number of anilines is 1. The summed E-state index contributed by atoms with van der Waals surface area (Å²) in [5.74, 6) is -0.399. The summed E-state index contributed by atoms with van der Waals surface area (Å²) in [5, 5.41) is 14.1. The molecule has 1 aliphatic heterocycles. The van der Waals surface area contributed by atoms with Crippen molar-refractivity contribution in [2.45, 2.75) is 39.2 Å². The maximum Gasteiger partial charge on any atom is 0.280 e. The largest absolute Gasteiger partial charge is 0.289 e. The number of carbonyl (C=O) groups excluding carboxylic acids is 2. The first kappa shape index (κ1) is 20.3. The molecule has 0 fully saturated rings. The molecule has 29 heavy (non-hydrogen) atoms. The molecule has 148 valence electrons. The van der Waals surface area contributed by atoms with Gasteiger partial charge in [0.05, 0.1) is 17.1 Å². The Kier molecular flexibility index (Phi) is 5.55. The van der Waals surface area contributed by atoms with E-state index in [-0.39, 0.29) is 17.1 Å². The van der Waals surface area contributed by atoms with Crippen molar-refractivity contribution in [2.75, 3.05) is 5.01 Å². The van der Waals surface area contributed by atoms with Gasteiger partial charge < -0.3 is 0 Å². The van der Waals surface area contributed by atoms with Gasteiger partial charge in [-0.3, -0.25) is 9.59 Å². The van der Waals surface area contributed by atoms with Crippen LogP contribution >= 0.6 is 0 Å². The van der Waals surface area contributed by atoms with Gasteiger partial charge in [-0.15, -0.1) is 0 Å². The quantitative estimate of drug-likeness (QED) is 0.400. The molecule has 1 aliphatic rings. The molecule has 0 bridgehead atoms. The monoisotopic (exact) mass is 388 g/mol. The van der Waals surface area contributed by atoms with Crippen LogP contribution in [0.2, 0.25) is 0 Å². The maximum absolute atomic E-state index is 12.8. The first-order chi connectivity index (χ1) is 13.7. The molecule has 1 amide bonds. The molecule has 1 heterocycles. The van der Waals surface area contributed by atoms with Gasteiger partial charge in [0, 0.05) is 5.56 Å². The number of ketones is 1. The molecular weight excluding hydrogens is 364 g/mol. The Balaban J connectivity index is 1.75. The molecule has 0 spiro atoms. The van der Waals surface area contributed by atoms with Crippen LogP contribution < -0.4 is 5.01 Å². The second-order valence-corrected chi connectivity index (χ2v) is 7.92. The summed E-state index contributed by atoms with van der Waals surface area (Å²) in [6.07, 6.45) is 1.26. The third-order valence-electron chi connectivity index (χ3n) is 4.70. The van der Waals surface area contributed by atoms with Gasteiger partial charge in [-0.1, -0.05) is 39.5 Å². The zero-order valence-electron chi connectivity index (χ0n) is 17.1. The number of nitrogens with zero attached hydrogens (tertiary/aromatic N) is 4. The molecule has 1 atom stereocenters. The van der Waals surface area contributed by atoms with E-state index >= 15 is 0 Å². The second-order valence-electron chi connectivity index (χ2n) is 7.92. The van der Waals surface area contributed by atoms with Gasteiger partial charge in [-0.2, -0.15) is 20.3 Å². The average molecular weight is 388 g/mol. The predicted octanol–water partition coefficient (Wildman–Crippen LogP) is 5.23. The van der Waals surface area contributed by atoms with Gasteiger partial charge in [-0.05, 0) is 60.4 Å². The summed E-state index contributed by atoms with van der Waals surface area (Å²) < 4.78 is 0. The van der Waals surface area contributed by atoms with Crippen LogP contribution in [0.15, 0.2) is 76.5 Å². The lowest BCUT2D eigenvalue weighted by atomic mass is 9.87. The SMILES string of the molecule is C=CC(=O)c1ccc(N=NC2C(=O)N(c3ccc(C(C)(C)C)cc3)N=C2C)cc1. The number of amides is 1. The minimum atomic E-state index is -0.758. The van der Waals surface area contributed by atoms with Crippen LogP contribution in [0.1, 0.15) is 43.6 Å². The maximum atomic E-state index is 12.8. The topological polar surface area (TPSA) is 74.5 Å². The van der Waals surface area contributed by atoms with Gasteiger partial charge in [0.1, 0.15) is 0 Å². The lowest BCUT2D eigenvalue weighted by Crippen LogP contribution is -2.29. The van der Waals surface area contributed by atoms with Crippen LogP contribution in [0.3, 0.4) is 0 Å². The summed E-state index contributed by atoms with van der Waals surface area (Å²) in [7, 11) is 0. The Hall–Kier alpha value is -3.41. The second kappa shape index (κ2) is 7.91. The molecule has 2 aromatic rings.